The van der Waals surface area contributed by atoms with Crippen LogP contribution >= 0.6 is 0 Å². The number of imide groups is 1. The summed E-state index contributed by atoms with van der Waals surface area (Å²) in [5, 5.41) is 14.8. The molecule has 1 aromatic heterocycles. The smallest absolute Gasteiger partial charge is 0.259 e. The summed E-state index contributed by atoms with van der Waals surface area (Å²) in [5.74, 6) is -0.0509. The molecule has 2 aliphatic heterocycles. The summed E-state index contributed by atoms with van der Waals surface area (Å²) in [6.07, 6.45) is 3.17. The van der Waals surface area contributed by atoms with Gasteiger partial charge in [0.05, 0.1) is 24.7 Å². The van der Waals surface area contributed by atoms with E-state index in [9.17, 15) is 14.7 Å². The molecule has 0 radical (unpaired) electrons. The standard InChI is InChI=1S/C27H29N3O4/c1-15(2)10-11-29-13-18-24(17-8-9-22(32)23(12-17)34-4)26-20(14-30(16(3)31)27(26)33)28-19-6-5-7-21(29)25(18)19/h5-9,12-13,15,24,28,32H,10-11,14H2,1-4H3/t24-/m1/s1. The number of aromatic nitrogens is 1. The monoisotopic (exact) mass is 459 g/mol. The molecule has 2 aliphatic rings. The van der Waals surface area contributed by atoms with E-state index in [1.807, 2.05) is 18.2 Å². The Balaban J connectivity index is 1.76. The van der Waals surface area contributed by atoms with Crippen molar-refractivity contribution in [1.29, 1.82) is 0 Å². The fourth-order valence-electron chi connectivity index (χ4n) is 5.08. The Morgan fingerprint density at radius 3 is 2.76 bits per heavy atom. The van der Waals surface area contributed by atoms with E-state index in [0.29, 0.717) is 17.2 Å². The van der Waals surface area contributed by atoms with Gasteiger partial charge < -0.3 is 19.7 Å². The molecule has 2 aromatic carbocycles. The Hall–Kier alpha value is -3.74. The highest BCUT2D eigenvalue weighted by molar-refractivity contribution is 6.11. The van der Waals surface area contributed by atoms with Crippen molar-refractivity contribution < 1.29 is 19.4 Å². The zero-order valence-corrected chi connectivity index (χ0v) is 19.9. The van der Waals surface area contributed by atoms with E-state index in [1.165, 1.54) is 18.9 Å². The summed E-state index contributed by atoms with van der Waals surface area (Å²) in [7, 11) is 1.51. The molecule has 3 heterocycles. The summed E-state index contributed by atoms with van der Waals surface area (Å²) in [5.41, 5.74) is 5.14. The number of amides is 2. The normalized spacial score (nSPS) is 17.3. The maximum absolute atomic E-state index is 13.6. The first-order valence-electron chi connectivity index (χ1n) is 11.6. The SMILES string of the molecule is COc1cc([C@H]2C3=C(CN(C(C)=O)C3=O)Nc3cccc4c3c2cn4CCC(C)C)ccc1O. The molecule has 3 aromatic rings. The molecule has 34 heavy (non-hydrogen) atoms. The number of aromatic hydroxyl groups is 1. The largest absolute Gasteiger partial charge is 0.504 e. The second-order valence-electron chi connectivity index (χ2n) is 9.45. The van der Waals surface area contributed by atoms with Crippen molar-refractivity contribution in [3.8, 4) is 11.5 Å². The summed E-state index contributed by atoms with van der Waals surface area (Å²) >= 11 is 0. The Bertz CT molecular complexity index is 1350. The number of hydrogen-bond donors (Lipinski definition) is 2. The zero-order valence-electron chi connectivity index (χ0n) is 19.9. The fourth-order valence-corrected chi connectivity index (χ4v) is 5.08. The van der Waals surface area contributed by atoms with E-state index in [-0.39, 0.29) is 24.1 Å². The van der Waals surface area contributed by atoms with E-state index in [1.54, 1.807) is 12.1 Å². The van der Waals surface area contributed by atoms with Gasteiger partial charge in [-0.1, -0.05) is 26.0 Å². The number of rotatable bonds is 5. The number of aryl methyl sites for hydroxylation is 1. The first-order chi connectivity index (χ1) is 16.3. The average Bonchev–Trinajstić information content (AvgIpc) is 3.28. The Morgan fingerprint density at radius 1 is 1.26 bits per heavy atom. The van der Waals surface area contributed by atoms with E-state index in [2.05, 4.69) is 36.0 Å². The third kappa shape index (κ3) is 3.43. The lowest BCUT2D eigenvalue weighted by atomic mass is 9.84. The van der Waals surface area contributed by atoms with Crippen molar-refractivity contribution in [3.05, 3.63) is 65.0 Å². The molecule has 5 rings (SSSR count). The van der Waals surface area contributed by atoms with Crippen molar-refractivity contribution >= 4 is 28.4 Å². The molecule has 0 saturated carbocycles. The minimum absolute atomic E-state index is 0.0374. The van der Waals surface area contributed by atoms with Gasteiger partial charge in [-0.3, -0.25) is 14.5 Å². The van der Waals surface area contributed by atoms with Crippen LogP contribution in [0, 0.1) is 5.92 Å². The molecule has 7 heteroatoms. The molecular formula is C27H29N3O4. The average molecular weight is 460 g/mol. The lowest BCUT2D eigenvalue weighted by molar-refractivity contribution is -0.139. The molecule has 2 N–H and O–H groups in total. The number of nitrogens with one attached hydrogen (secondary N) is 1. The molecule has 0 spiro atoms. The van der Waals surface area contributed by atoms with Gasteiger partial charge >= 0.3 is 0 Å². The number of anilines is 1. The van der Waals surface area contributed by atoms with Crippen molar-refractivity contribution in [2.45, 2.75) is 39.7 Å². The number of carbonyl (C=O) groups excluding carboxylic acids is 2. The van der Waals surface area contributed by atoms with Crippen LogP contribution in [-0.4, -0.2) is 40.0 Å². The number of carbonyl (C=O) groups is 2. The number of phenolic OH excluding ortho intramolecular Hbond substituents is 1. The first kappa shape index (κ1) is 22.1. The fraction of sp³-hybridized carbons (Fsp3) is 0.333. The van der Waals surface area contributed by atoms with Crippen LogP contribution in [0.5, 0.6) is 11.5 Å². The van der Waals surface area contributed by atoms with Crippen molar-refractivity contribution in [2.24, 2.45) is 5.92 Å². The zero-order chi connectivity index (χ0) is 24.1. The molecule has 0 unspecified atom stereocenters. The van der Waals surface area contributed by atoms with Crippen LogP contribution in [0.15, 0.2) is 53.9 Å². The maximum atomic E-state index is 13.6. The van der Waals surface area contributed by atoms with Gasteiger partial charge in [0.1, 0.15) is 0 Å². The lowest BCUT2D eigenvalue weighted by Crippen LogP contribution is -2.33. The second-order valence-corrected chi connectivity index (χ2v) is 9.45. The van der Waals surface area contributed by atoms with Crippen LogP contribution in [0.4, 0.5) is 5.69 Å². The topological polar surface area (TPSA) is 83.8 Å². The number of methoxy groups -OCH3 is 1. The van der Waals surface area contributed by atoms with Gasteiger partial charge in [0, 0.05) is 42.4 Å². The van der Waals surface area contributed by atoms with Crippen LogP contribution in [0.2, 0.25) is 0 Å². The van der Waals surface area contributed by atoms with E-state index >= 15 is 0 Å². The van der Waals surface area contributed by atoms with Gasteiger partial charge in [0.25, 0.3) is 5.91 Å². The highest BCUT2D eigenvalue weighted by Crippen LogP contribution is 2.47. The van der Waals surface area contributed by atoms with Crippen LogP contribution < -0.4 is 10.1 Å². The molecule has 0 fully saturated rings. The molecule has 7 nitrogen and oxygen atoms in total. The highest BCUT2D eigenvalue weighted by atomic mass is 16.5. The Kier molecular flexibility index (Phi) is 5.35. The van der Waals surface area contributed by atoms with Crippen LogP contribution in [-0.2, 0) is 16.1 Å². The molecule has 176 valence electrons. The van der Waals surface area contributed by atoms with Gasteiger partial charge in [0.2, 0.25) is 5.91 Å². The first-order valence-corrected chi connectivity index (χ1v) is 11.6. The maximum Gasteiger partial charge on any atom is 0.259 e. The van der Waals surface area contributed by atoms with Gasteiger partial charge in [-0.05, 0) is 47.7 Å². The van der Waals surface area contributed by atoms with Crippen LogP contribution in [0.25, 0.3) is 10.9 Å². The quantitative estimate of drug-likeness (QED) is 0.583. The second kappa shape index (κ2) is 8.24. The molecule has 2 amide bonds. The van der Waals surface area contributed by atoms with Crippen molar-refractivity contribution in [2.75, 3.05) is 19.0 Å². The third-order valence-corrected chi connectivity index (χ3v) is 6.80. The van der Waals surface area contributed by atoms with E-state index in [0.717, 1.165) is 46.4 Å². The van der Waals surface area contributed by atoms with Crippen LogP contribution in [0.3, 0.4) is 0 Å². The number of hydrogen-bond acceptors (Lipinski definition) is 5. The third-order valence-electron chi connectivity index (χ3n) is 6.80. The summed E-state index contributed by atoms with van der Waals surface area (Å²) < 4.78 is 7.64. The molecule has 0 bridgehead atoms. The minimum atomic E-state index is -0.416. The van der Waals surface area contributed by atoms with Gasteiger partial charge in [-0.25, -0.2) is 0 Å². The number of benzene rings is 2. The highest BCUT2D eigenvalue weighted by Gasteiger charge is 2.41. The predicted molar refractivity (Wildman–Crippen MR) is 131 cm³/mol. The van der Waals surface area contributed by atoms with Gasteiger partial charge in [-0.2, -0.15) is 0 Å². The van der Waals surface area contributed by atoms with Crippen molar-refractivity contribution in [1.82, 2.24) is 9.47 Å². The van der Waals surface area contributed by atoms with E-state index < -0.39 is 5.92 Å². The van der Waals surface area contributed by atoms with Gasteiger partial charge in [0.15, 0.2) is 11.5 Å². The summed E-state index contributed by atoms with van der Waals surface area (Å²) in [6.45, 7) is 6.90. The summed E-state index contributed by atoms with van der Waals surface area (Å²) in [4.78, 5) is 27.1. The predicted octanol–water partition coefficient (Wildman–Crippen LogP) is 4.60. The number of nitrogens with zero attached hydrogens (tertiary/aromatic N) is 2. The number of phenols is 1. The Labute approximate surface area is 198 Å². The lowest BCUT2D eigenvalue weighted by Gasteiger charge is -2.20. The van der Waals surface area contributed by atoms with E-state index in [4.69, 9.17) is 4.74 Å². The summed E-state index contributed by atoms with van der Waals surface area (Å²) in [6, 6.07) is 11.3. The minimum Gasteiger partial charge on any atom is -0.504 e. The Morgan fingerprint density at radius 2 is 2.06 bits per heavy atom. The number of ether oxygens (including phenoxy) is 1. The molecular weight excluding hydrogens is 430 g/mol. The molecule has 0 saturated heterocycles. The molecule has 0 aliphatic carbocycles. The van der Waals surface area contributed by atoms with Crippen LogP contribution in [0.1, 0.15) is 44.2 Å². The molecule has 1 atom stereocenters. The van der Waals surface area contributed by atoms with Crippen molar-refractivity contribution in [3.63, 3.8) is 0 Å². The van der Waals surface area contributed by atoms with Gasteiger partial charge in [-0.15, -0.1) is 0 Å².